The van der Waals surface area contributed by atoms with Gasteiger partial charge in [-0.1, -0.05) is 5.57 Å². The highest BCUT2D eigenvalue weighted by Gasteiger charge is 2.20. The lowest BCUT2D eigenvalue weighted by Crippen LogP contribution is -2.27. The molecule has 0 aromatic heterocycles. The van der Waals surface area contributed by atoms with Crippen molar-refractivity contribution in [3.63, 3.8) is 0 Å². The highest BCUT2D eigenvalue weighted by atomic mass is 35.5. The van der Waals surface area contributed by atoms with Crippen molar-refractivity contribution in [1.29, 1.82) is 0 Å². The highest BCUT2D eigenvalue weighted by molar-refractivity contribution is 6.30. The lowest BCUT2D eigenvalue weighted by Gasteiger charge is -2.18. The molecule has 0 radical (unpaired) electrons. The van der Waals surface area contributed by atoms with E-state index >= 15 is 0 Å². The first kappa shape index (κ1) is 11.3. The van der Waals surface area contributed by atoms with Crippen molar-refractivity contribution < 1.29 is 5.11 Å². The third-order valence-corrected chi connectivity index (χ3v) is 2.43. The van der Waals surface area contributed by atoms with Crippen LogP contribution >= 0.6 is 23.2 Å². The Morgan fingerprint density at radius 2 is 2.00 bits per heavy atom. The molecule has 66 valence electrons. The molecule has 0 saturated heterocycles. The first-order valence-corrected chi connectivity index (χ1v) is 4.43. The van der Waals surface area contributed by atoms with Crippen molar-refractivity contribution >= 4 is 23.2 Å². The molecule has 0 aliphatic rings. The second kappa shape index (κ2) is 5.02. The van der Waals surface area contributed by atoms with Gasteiger partial charge in [0.1, 0.15) is 0 Å². The molecule has 0 aliphatic carbocycles. The minimum Gasteiger partial charge on any atom is -0.391 e. The van der Waals surface area contributed by atoms with Gasteiger partial charge in [-0.05, 0) is 20.3 Å². The molecule has 3 atom stereocenters. The first-order valence-electron chi connectivity index (χ1n) is 3.55. The van der Waals surface area contributed by atoms with Gasteiger partial charge in [-0.3, -0.25) is 0 Å². The van der Waals surface area contributed by atoms with Crippen LogP contribution in [-0.4, -0.2) is 22.0 Å². The van der Waals surface area contributed by atoms with Crippen molar-refractivity contribution in [2.75, 3.05) is 0 Å². The van der Waals surface area contributed by atoms with Gasteiger partial charge in [0, 0.05) is 5.38 Å². The number of hydrogen-bond acceptors (Lipinski definition) is 1. The second-order valence-corrected chi connectivity index (χ2v) is 4.04. The Labute approximate surface area is 78.0 Å². The SMILES string of the molecule is C=C(C)C[C@@H](O)[C@@H](Cl)[C@@H](C)Cl. The number of alkyl halides is 2. The summed E-state index contributed by atoms with van der Waals surface area (Å²) in [5.74, 6) is 0. The average Bonchev–Trinajstić information content (AvgIpc) is 1.84. The molecular formula is C8H14Cl2O. The largest absolute Gasteiger partial charge is 0.391 e. The molecule has 0 bridgehead atoms. The summed E-state index contributed by atoms with van der Waals surface area (Å²) in [6, 6.07) is 0. The minimum atomic E-state index is -0.582. The van der Waals surface area contributed by atoms with Crippen LogP contribution in [0.5, 0.6) is 0 Å². The van der Waals surface area contributed by atoms with Crippen LogP contribution in [0.15, 0.2) is 12.2 Å². The standard InChI is InChI=1S/C8H14Cl2O/c1-5(2)4-7(11)8(10)6(3)9/h6-8,11H,1,4H2,2-3H3/t6-,7-,8+/m1/s1. The molecule has 0 fully saturated rings. The summed E-state index contributed by atoms with van der Waals surface area (Å²) in [5.41, 5.74) is 0.917. The average molecular weight is 197 g/mol. The van der Waals surface area contributed by atoms with Crippen molar-refractivity contribution in [2.24, 2.45) is 0 Å². The van der Waals surface area contributed by atoms with Gasteiger partial charge in [-0.25, -0.2) is 0 Å². The maximum absolute atomic E-state index is 9.38. The van der Waals surface area contributed by atoms with E-state index in [0.29, 0.717) is 6.42 Å². The third-order valence-electron chi connectivity index (χ3n) is 1.36. The molecule has 1 nitrogen and oxygen atoms in total. The monoisotopic (exact) mass is 196 g/mol. The van der Waals surface area contributed by atoms with Gasteiger partial charge in [0.15, 0.2) is 0 Å². The van der Waals surface area contributed by atoms with E-state index in [9.17, 15) is 5.11 Å². The molecule has 0 aromatic carbocycles. The van der Waals surface area contributed by atoms with Crippen LogP contribution in [0, 0.1) is 0 Å². The number of aliphatic hydroxyl groups excluding tert-OH is 1. The van der Waals surface area contributed by atoms with Gasteiger partial charge in [0.05, 0.1) is 11.5 Å². The van der Waals surface area contributed by atoms with Crippen LogP contribution in [0.3, 0.4) is 0 Å². The predicted molar refractivity (Wildman–Crippen MR) is 50.4 cm³/mol. The van der Waals surface area contributed by atoms with Crippen molar-refractivity contribution in [3.8, 4) is 0 Å². The van der Waals surface area contributed by atoms with Crippen molar-refractivity contribution in [1.82, 2.24) is 0 Å². The van der Waals surface area contributed by atoms with Crippen LogP contribution < -0.4 is 0 Å². The maximum Gasteiger partial charge on any atom is 0.0759 e. The van der Waals surface area contributed by atoms with Gasteiger partial charge in [-0.2, -0.15) is 0 Å². The molecule has 0 saturated carbocycles. The molecule has 0 aliphatic heterocycles. The van der Waals surface area contributed by atoms with E-state index in [-0.39, 0.29) is 5.38 Å². The summed E-state index contributed by atoms with van der Waals surface area (Å²) in [6.45, 7) is 7.29. The number of halogens is 2. The Morgan fingerprint density at radius 3 is 2.27 bits per heavy atom. The molecule has 0 unspecified atom stereocenters. The summed E-state index contributed by atoms with van der Waals surface area (Å²) in [4.78, 5) is 0. The Morgan fingerprint density at radius 1 is 1.55 bits per heavy atom. The van der Waals surface area contributed by atoms with E-state index in [1.54, 1.807) is 6.92 Å². The Bertz CT molecular complexity index is 134. The lowest BCUT2D eigenvalue weighted by atomic mass is 10.1. The van der Waals surface area contributed by atoms with Crippen molar-refractivity contribution in [2.45, 2.75) is 37.1 Å². The Kier molecular flexibility index (Phi) is 5.15. The summed E-state index contributed by atoms with van der Waals surface area (Å²) in [5, 5.41) is 8.77. The smallest absolute Gasteiger partial charge is 0.0759 e. The van der Waals surface area contributed by atoms with Gasteiger partial charge in [0.25, 0.3) is 0 Å². The molecular weight excluding hydrogens is 183 g/mol. The number of hydrogen-bond donors (Lipinski definition) is 1. The molecule has 0 amide bonds. The van der Waals surface area contributed by atoms with Gasteiger partial charge in [-0.15, -0.1) is 29.8 Å². The van der Waals surface area contributed by atoms with E-state index in [1.807, 2.05) is 6.92 Å². The summed E-state index contributed by atoms with van der Waals surface area (Å²) in [6.07, 6.45) is -0.0627. The van der Waals surface area contributed by atoms with E-state index in [0.717, 1.165) is 5.57 Å². The van der Waals surface area contributed by atoms with Crippen molar-refractivity contribution in [3.05, 3.63) is 12.2 Å². The van der Waals surface area contributed by atoms with Crippen LogP contribution in [0.4, 0.5) is 0 Å². The van der Waals surface area contributed by atoms with Gasteiger partial charge in [0.2, 0.25) is 0 Å². The fourth-order valence-electron chi connectivity index (χ4n) is 0.776. The van der Waals surface area contributed by atoms with E-state index < -0.39 is 11.5 Å². The molecule has 3 heteroatoms. The van der Waals surface area contributed by atoms with Crippen LogP contribution in [-0.2, 0) is 0 Å². The number of rotatable bonds is 4. The normalized spacial score (nSPS) is 19.0. The summed E-state index contributed by atoms with van der Waals surface area (Å²) >= 11 is 11.5. The maximum atomic E-state index is 9.38. The first-order chi connectivity index (χ1) is 4.95. The fourth-order valence-corrected chi connectivity index (χ4v) is 1.03. The van der Waals surface area contributed by atoms with E-state index in [1.165, 1.54) is 0 Å². The fraction of sp³-hybridized carbons (Fsp3) is 0.750. The van der Waals surface area contributed by atoms with Crippen LogP contribution in [0.1, 0.15) is 20.3 Å². The second-order valence-electron chi connectivity index (χ2n) is 2.85. The van der Waals surface area contributed by atoms with Gasteiger partial charge >= 0.3 is 0 Å². The summed E-state index contributed by atoms with van der Waals surface area (Å²) in [7, 11) is 0. The Hall–Kier alpha value is 0.280. The van der Waals surface area contributed by atoms with Crippen LogP contribution in [0.25, 0.3) is 0 Å². The third kappa shape index (κ3) is 4.67. The zero-order valence-electron chi connectivity index (χ0n) is 6.85. The van der Waals surface area contributed by atoms with E-state index in [2.05, 4.69) is 6.58 Å². The summed E-state index contributed by atoms with van der Waals surface area (Å²) < 4.78 is 0. The Balaban J connectivity index is 3.82. The number of aliphatic hydroxyl groups is 1. The minimum absolute atomic E-state index is 0.217. The highest BCUT2D eigenvalue weighted by Crippen LogP contribution is 2.17. The predicted octanol–water partition coefficient (Wildman–Crippen LogP) is 2.55. The zero-order chi connectivity index (χ0) is 9.02. The quantitative estimate of drug-likeness (QED) is 0.542. The molecule has 11 heavy (non-hydrogen) atoms. The molecule has 1 N–H and O–H groups in total. The van der Waals surface area contributed by atoms with E-state index in [4.69, 9.17) is 23.2 Å². The topological polar surface area (TPSA) is 20.2 Å². The lowest BCUT2D eigenvalue weighted by molar-refractivity contribution is 0.169. The molecule has 0 spiro atoms. The zero-order valence-corrected chi connectivity index (χ0v) is 8.36. The molecule has 0 rings (SSSR count). The molecule has 0 aromatic rings. The molecule has 0 heterocycles. The van der Waals surface area contributed by atoms with Crippen LogP contribution in [0.2, 0.25) is 0 Å². The van der Waals surface area contributed by atoms with Gasteiger partial charge < -0.3 is 5.11 Å².